The topological polar surface area (TPSA) is 95.8 Å². The van der Waals surface area contributed by atoms with Crippen LogP contribution in [0.1, 0.15) is 11.6 Å². The van der Waals surface area contributed by atoms with E-state index in [2.05, 4.69) is 16.7 Å². The molecule has 1 aromatic rings. The second kappa shape index (κ2) is 6.68. The molecular formula is C14H17N3O4S. The van der Waals surface area contributed by atoms with Crippen molar-refractivity contribution in [3.05, 3.63) is 17.7 Å². The smallest absolute Gasteiger partial charge is 0.203 e. The van der Waals surface area contributed by atoms with E-state index < -0.39 is 18.2 Å². The molecule has 0 saturated carbocycles. The van der Waals surface area contributed by atoms with Gasteiger partial charge in [0.15, 0.2) is 16.6 Å². The van der Waals surface area contributed by atoms with E-state index in [0.717, 1.165) is 0 Å². The van der Waals surface area contributed by atoms with Crippen molar-refractivity contribution in [3.8, 4) is 23.3 Å². The Hall–Kier alpha value is -2.24. The van der Waals surface area contributed by atoms with E-state index in [1.807, 2.05) is 0 Å². The van der Waals surface area contributed by atoms with Crippen LogP contribution in [0.4, 0.5) is 0 Å². The summed E-state index contributed by atoms with van der Waals surface area (Å²) in [5, 5.41) is 25.2. The maximum atomic E-state index is 9.98. The van der Waals surface area contributed by atoms with Crippen LogP contribution >= 0.6 is 12.2 Å². The fourth-order valence-electron chi connectivity index (χ4n) is 2.40. The second-order valence-corrected chi connectivity index (χ2v) is 5.06. The minimum atomic E-state index is -1.05. The lowest BCUT2D eigenvalue weighted by molar-refractivity contribution is 0.0895. The molecule has 1 aliphatic rings. The third-order valence-corrected chi connectivity index (χ3v) is 3.70. The quantitative estimate of drug-likeness (QED) is 0.697. The number of ether oxygens (including phenoxy) is 3. The maximum absolute atomic E-state index is 9.98. The molecule has 2 rings (SSSR count). The number of rotatable bonds is 4. The molecule has 1 aliphatic heterocycles. The van der Waals surface area contributed by atoms with Crippen molar-refractivity contribution in [3.63, 3.8) is 0 Å². The molecule has 0 aliphatic carbocycles. The molecule has 0 spiro atoms. The predicted octanol–water partition coefficient (Wildman–Crippen LogP) is 0.689. The Morgan fingerprint density at radius 1 is 1.14 bits per heavy atom. The highest BCUT2D eigenvalue weighted by Crippen LogP contribution is 2.41. The van der Waals surface area contributed by atoms with Crippen LogP contribution in [0.25, 0.3) is 0 Å². The van der Waals surface area contributed by atoms with Gasteiger partial charge in [-0.3, -0.25) is 0 Å². The minimum Gasteiger partial charge on any atom is -0.493 e. The number of aliphatic hydroxyl groups is 1. The number of benzene rings is 1. The molecular weight excluding hydrogens is 306 g/mol. The number of methoxy groups -OCH3 is 3. The standard InChI is InChI=1S/C14H17N3O4S/c1-19-9-4-7(5-10(20-2)12(9)21-3)11-8(6-15)13(18)17-14(22)16-11/h4-5,8,11,13,18H,1-3H3,(H2,16,17,22)/t8-,11+,13-/m0/s1. The van der Waals surface area contributed by atoms with E-state index >= 15 is 0 Å². The van der Waals surface area contributed by atoms with Gasteiger partial charge >= 0.3 is 0 Å². The van der Waals surface area contributed by atoms with E-state index in [1.54, 1.807) is 12.1 Å². The molecule has 0 radical (unpaired) electrons. The summed E-state index contributed by atoms with van der Waals surface area (Å²) in [7, 11) is 4.54. The SMILES string of the molecule is COc1cc([C@H]2NC(=S)N[C@@H](O)[C@H]2C#N)cc(OC)c1OC. The lowest BCUT2D eigenvalue weighted by Crippen LogP contribution is -2.55. The van der Waals surface area contributed by atoms with Crippen molar-refractivity contribution in [1.82, 2.24) is 10.6 Å². The first-order valence-electron chi connectivity index (χ1n) is 6.50. The van der Waals surface area contributed by atoms with Gasteiger partial charge in [0.05, 0.1) is 33.4 Å². The summed E-state index contributed by atoms with van der Waals surface area (Å²) in [4.78, 5) is 0. The van der Waals surface area contributed by atoms with E-state index in [1.165, 1.54) is 21.3 Å². The Balaban J connectivity index is 2.50. The van der Waals surface area contributed by atoms with Gasteiger partial charge in [-0.1, -0.05) is 0 Å². The Bertz CT molecular complexity index is 592. The molecule has 0 unspecified atom stereocenters. The van der Waals surface area contributed by atoms with Crippen LogP contribution in [0, 0.1) is 17.2 Å². The lowest BCUT2D eigenvalue weighted by atomic mass is 9.90. The second-order valence-electron chi connectivity index (χ2n) is 4.65. The van der Waals surface area contributed by atoms with Crippen molar-refractivity contribution in [2.24, 2.45) is 5.92 Å². The van der Waals surface area contributed by atoms with Gasteiger partial charge in [-0.2, -0.15) is 5.26 Å². The summed E-state index contributed by atoms with van der Waals surface area (Å²) in [6, 6.07) is 5.03. The highest BCUT2D eigenvalue weighted by Gasteiger charge is 2.36. The highest BCUT2D eigenvalue weighted by atomic mass is 32.1. The molecule has 1 heterocycles. The fourth-order valence-corrected chi connectivity index (χ4v) is 2.64. The summed E-state index contributed by atoms with van der Waals surface area (Å²) in [6.45, 7) is 0. The first-order chi connectivity index (χ1) is 10.5. The largest absolute Gasteiger partial charge is 0.493 e. The average molecular weight is 323 g/mol. The number of nitriles is 1. The van der Waals surface area contributed by atoms with Gasteiger partial charge < -0.3 is 30.0 Å². The van der Waals surface area contributed by atoms with Crippen LogP contribution < -0.4 is 24.8 Å². The van der Waals surface area contributed by atoms with Crippen LogP contribution in [0.3, 0.4) is 0 Å². The molecule has 3 N–H and O–H groups in total. The van der Waals surface area contributed by atoms with E-state index in [0.29, 0.717) is 22.8 Å². The molecule has 0 amide bonds. The van der Waals surface area contributed by atoms with Gasteiger partial charge in [-0.15, -0.1) is 0 Å². The Morgan fingerprint density at radius 2 is 1.73 bits per heavy atom. The van der Waals surface area contributed by atoms with Crippen LogP contribution in [-0.2, 0) is 0 Å². The zero-order chi connectivity index (χ0) is 16.3. The Kier molecular flexibility index (Phi) is 4.90. The molecule has 22 heavy (non-hydrogen) atoms. The van der Waals surface area contributed by atoms with Crippen molar-refractivity contribution in [2.45, 2.75) is 12.3 Å². The van der Waals surface area contributed by atoms with Gasteiger partial charge in [0.25, 0.3) is 0 Å². The molecule has 1 aromatic carbocycles. The molecule has 118 valence electrons. The van der Waals surface area contributed by atoms with Crippen LogP contribution in [0.2, 0.25) is 0 Å². The van der Waals surface area contributed by atoms with Gasteiger partial charge in [-0.25, -0.2) is 0 Å². The summed E-state index contributed by atoms with van der Waals surface area (Å²) in [5.41, 5.74) is 0.698. The normalized spacial score (nSPS) is 23.8. The molecule has 0 bridgehead atoms. The summed E-state index contributed by atoms with van der Waals surface area (Å²) < 4.78 is 15.9. The minimum absolute atomic E-state index is 0.276. The number of hydrogen-bond acceptors (Lipinski definition) is 6. The number of thiocarbonyl (C=S) groups is 1. The molecule has 1 saturated heterocycles. The van der Waals surface area contributed by atoms with Crippen molar-refractivity contribution in [1.29, 1.82) is 5.26 Å². The van der Waals surface area contributed by atoms with Gasteiger partial charge in [-0.05, 0) is 29.9 Å². The summed E-state index contributed by atoms with van der Waals surface area (Å²) in [6.07, 6.45) is -1.05. The third kappa shape index (κ3) is 2.86. The predicted molar refractivity (Wildman–Crippen MR) is 82.8 cm³/mol. The fraction of sp³-hybridized carbons (Fsp3) is 0.429. The highest BCUT2D eigenvalue weighted by molar-refractivity contribution is 7.80. The maximum Gasteiger partial charge on any atom is 0.203 e. The molecule has 3 atom stereocenters. The van der Waals surface area contributed by atoms with Crippen molar-refractivity contribution >= 4 is 17.3 Å². The van der Waals surface area contributed by atoms with E-state index in [9.17, 15) is 10.4 Å². The number of nitrogens with zero attached hydrogens (tertiary/aromatic N) is 1. The lowest BCUT2D eigenvalue weighted by Gasteiger charge is -2.35. The monoisotopic (exact) mass is 323 g/mol. The molecule has 0 aromatic heterocycles. The number of nitrogens with one attached hydrogen (secondary N) is 2. The van der Waals surface area contributed by atoms with Gasteiger partial charge in [0.1, 0.15) is 12.1 Å². The Labute approximate surface area is 133 Å². The summed E-state index contributed by atoms with van der Waals surface area (Å²) >= 11 is 5.05. The Morgan fingerprint density at radius 3 is 2.18 bits per heavy atom. The third-order valence-electron chi connectivity index (χ3n) is 3.46. The molecule has 7 nitrogen and oxygen atoms in total. The molecule has 8 heteroatoms. The van der Waals surface area contributed by atoms with E-state index in [-0.39, 0.29) is 5.11 Å². The average Bonchev–Trinajstić information content (AvgIpc) is 2.52. The number of aliphatic hydroxyl groups excluding tert-OH is 1. The summed E-state index contributed by atoms with van der Waals surface area (Å²) in [5.74, 6) is 0.664. The first-order valence-corrected chi connectivity index (χ1v) is 6.91. The van der Waals surface area contributed by atoms with Crippen LogP contribution in [-0.4, -0.2) is 37.8 Å². The zero-order valence-corrected chi connectivity index (χ0v) is 13.2. The number of hydrogen-bond donors (Lipinski definition) is 3. The van der Waals surface area contributed by atoms with Gasteiger partial charge in [0.2, 0.25) is 5.75 Å². The van der Waals surface area contributed by atoms with Gasteiger partial charge in [0, 0.05) is 0 Å². The van der Waals surface area contributed by atoms with Crippen LogP contribution in [0.15, 0.2) is 12.1 Å². The first kappa shape index (κ1) is 16.1. The zero-order valence-electron chi connectivity index (χ0n) is 12.4. The van der Waals surface area contributed by atoms with Crippen molar-refractivity contribution < 1.29 is 19.3 Å². The van der Waals surface area contributed by atoms with Crippen molar-refractivity contribution in [2.75, 3.05) is 21.3 Å². The van der Waals surface area contributed by atoms with E-state index in [4.69, 9.17) is 26.4 Å². The van der Waals surface area contributed by atoms with Crippen LogP contribution in [0.5, 0.6) is 17.2 Å². The molecule has 1 fully saturated rings.